The van der Waals surface area contributed by atoms with E-state index >= 15 is 0 Å². The number of thioether (sulfide) groups is 1. The number of amides is 1. The molecule has 0 bridgehead atoms. The first-order chi connectivity index (χ1) is 16.1. The van der Waals surface area contributed by atoms with Gasteiger partial charge in [-0.05, 0) is 60.5 Å². The lowest BCUT2D eigenvalue weighted by Crippen LogP contribution is -2.35. The lowest BCUT2D eigenvalue weighted by Gasteiger charge is -2.20. The van der Waals surface area contributed by atoms with Crippen molar-refractivity contribution in [2.45, 2.75) is 19.8 Å². The molecule has 0 spiro atoms. The molecule has 1 N–H and O–H groups in total. The molecule has 0 saturated heterocycles. The minimum Gasteiger partial charge on any atom is -0.493 e. The van der Waals surface area contributed by atoms with E-state index in [9.17, 15) is 4.79 Å². The van der Waals surface area contributed by atoms with Crippen molar-refractivity contribution in [3.63, 3.8) is 0 Å². The van der Waals surface area contributed by atoms with E-state index in [4.69, 9.17) is 19.6 Å². The number of fused-ring (bicyclic) bond motifs is 1. The summed E-state index contributed by atoms with van der Waals surface area (Å²) in [6.45, 7) is 2.79. The highest BCUT2D eigenvalue weighted by Crippen LogP contribution is 2.30. The van der Waals surface area contributed by atoms with Crippen LogP contribution in [0.4, 0.5) is 0 Å². The standard InChI is InChI=1S/C24H24N4O4S/c1-3-6-21-27-28-22(25)18(23(29)26-24(28)33-21)15-16-9-11-17(12-10-16)31-13-14-32-20-8-5-4-7-19(20)30-2/h4-5,7-12,15,25H,3,6,13-14H2,1-2H3/b18-15-,25-22?. The van der Waals surface area contributed by atoms with Crippen molar-refractivity contribution in [1.29, 1.82) is 5.41 Å². The number of aliphatic imine (C=N–C) groups is 1. The number of methoxy groups -OCH3 is 1. The van der Waals surface area contributed by atoms with Crippen LogP contribution in [0.2, 0.25) is 0 Å². The molecule has 2 heterocycles. The number of nitrogens with one attached hydrogen (secondary N) is 1. The molecule has 9 heteroatoms. The summed E-state index contributed by atoms with van der Waals surface area (Å²) in [4.78, 5) is 16.6. The summed E-state index contributed by atoms with van der Waals surface area (Å²) in [5.74, 6) is 1.63. The first-order valence-electron chi connectivity index (χ1n) is 10.6. The summed E-state index contributed by atoms with van der Waals surface area (Å²) in [7, 11) is 1.60. The first kappa shape index (κ1) is 22.6. The average Bonchev–Trinajstić information content (AvgIpc) is 3.23. The van der Waals surface area contributed by atoms with Gasteiger partial charge in [0.05, 0.1) is 12.7 Å². The van der Waals surface area contributed by atoms with Gasteiger partial charge < -0.3 is 14.2 Å². The van der Waals surface area contributed by atoms with E-state index < -0.39 is 5.91 Å². The molecule has 2 aliphatic heterocycles. The molecule has 0 aromatic heterocycles. The minimum absolute atomic E-state index is 0.0393. The van der Waals surface area contributed by atoms with Gasteiger partial charge in [-0.2, -0.15) is 15.1 Å². The number of hydrogen-bond acceptors (Lipinski definition) is 7. The van der Waals surface area contributed by atoms with Gasteiger partial charge in [-0.15, -0.1) is 0 Å². The van der Waals surface area contributed by atoms with Crippen LogP contribution in [0.1, 0.15) is 25.3 Å². The molecule has 0 fully saturated rings. The van der Waals surface area contributed by atoms with Crippen LogP contribution in [0.5, 0.6) is 17.2 Å². The van der Waals surface area contributed by atoms with Crippen LogP contribution in [0, 0.1) is 5.41 Å². The van der Waals surface area contributed by atoms with E-state index in [-0.39, 0.29) is 11.4 Å². The van der Waals surface area contributed by atoms with Gasteiger partial charge in [0.15, 0.2) is 17.3 Å². The SMILES string of the molecule is CCCC1=NN2C(=N)/C(=C/c3ccc(OCCOc4ccccc4OC)cc3)C(=O)N=C2S1. The van der Waals surface area contributed by atoms with E-state index in [0.29, 0.717) is 35.6 Å². The second-order valence-corrected chi connectivity index (χ2v) is 8.22. The van der Waals surface area contributed by atoms with E-state index in [1.807, 2.05) is 48.5 Å². The Morgan fingerprint density at radius 3 is 2.52 bits per heavy atom. The summed E-state index contributed by atoms with van der Waals surface area (Å²) < 4.78 is 16.7. The highest BCUT2D eigenvalue weighted by atomic mass is 32.2. The van der Waals surface area contributed by atoms with Crippen LogP contribution < -0.4 is 14.2 Å². The lowest BCUT2D eigenvalue weighted by atomic mass is 10.1. The Morgan fingerprint density at radius 2 is 1.79 bits per heavy atom. The number of amidine groups is 2. The number of carbonyl (C=O) groups is 1. The van der Waals surface area contributed by atoms with Crippen molar-refractivity contribution in [2.75, 3.05) is 20.3 Å². The van der Waals surface area contributed by atoms with Gasteiger partial charge in [0.1, 0.15) is 24.0 Å². The Labute approximate surface area is 196 Å². The van der Waals surface area contributed by atoms with E-state index in [0.717, 1.165) is 23.4 Å². The summed E-state index contributed by atoms with van der Waals surface area (Å²) >= 11 is 1.35. The predicted octanol–water partition coefficient (Wildman–Crippen LogP) is 4.57. The number of carbonyl (C=O) groups excluding carboxylic acids is 1. The smallest absolute Gasteiger partial charge is 0.283 e. The molecule has 4 rings (SSSR count). The Balaban J connectivity index is 1.35. The van der Waals surface area contributed by atoms with Crippen molar-refractivity contribution in [2.24, 2.45) is 10.1 Å². The zero-order chi connectivity index (χ0) is 23.2. The third kappa shape index (κ3) is 5.25. The summed E-state index contributed by atoms with van der Waals surface area (Å²) in [6.07, 6.45) is 3.39. The quantitative estimate of drug-likeness (QED) is 0.431. The molecule has 1 amide bonds. The van der Waals surface area contributed by atoms with Crippen molar-refractivity contribution >= 4 is 39.8 Å². The van der Waals surface area contributed by atoms with Crippen LogP contribution in [0.15, 0.2) is 64.2 Å². The van der Waals surface area contributed by atoms with Crippen molar-refractivity contribution < 1.29 is 19.0 Å². The minimum atomic E-state index is -0.430. The molecular weight excluding hydrogens is 440 g/mol. The van der Waals surface area contributed by atoms with Gasteiger partial charge in [0.25, 0.3) is 5.91 Å². The van der Waals surface area contributed by atoms with E-state index in [2.05, 4.69) is 17.0 Å². The lowest BCUT2D eigenvalue weighted by molar-refractivity contribution is -0.114. The maximum Gasteiger partial charge on any atom is 0.283 e. The van der Waals surface area contributed by atoms with Crippen LogP contribution >= 0.6 is 11.8 Å². The molecule has 2 aromatic carbocycles. The zero-order valence-electron chi connectivity index (χ0n) is 18.4. The largest absolute Gasteiger partial charge is 0.493 e. The number of hydrazone groups is 1. The topological polar surface area (TPSA) is 96.6 Å². The van der Waals surface area contributed by atoms with Crippen LogP contribution in [0.3, 0.4) is 0 Å². The van der Waals surface area contributed by atoms with Gasteiger partial charge in [-0.1, -0.05) is 31.2 Å². The van der Waals surface area contributed by atoms with Crippen LogP contribution in [0.25, 0.3) is 6.08 Å². The fourth-order valence-corrected chi connectivity index (χ4v) is 4.21. The van der Waals surface area contributed by atoms with Crippen molar-refractivity contribution in [1.82, 2.24) is 5.01 Å². The molecule has 0 aliphatic carbocycles. The van der Waals surface area contributed by atoms with Gasteiger partial charge in [-0.3, -0.25) is 10.2 Å². The van der Waals surface area contributed by atoms with Gasteiger partial charge in [-0.25, -0.2) is 0 Å². The maximum absolute atomic E-state index is 12.5. The number of rotatable bonds is 9. The fourth-order valence-electron chi connectivity index (χ4n) is 3.22. The highest BCUT2D eigenvalue weighted by molar-refractivity contribution is 8.26. The second kappa shape index (κ2) is 10.4. The molecule has 0 radical (unpaired) electrons. The molecule has 2 aromatic rings. The molecule has 8 nitrogen and oxygen atoms in total. The number of ether oxygens (including phenoxy) is 3. The Bertz CT molecular complexity index is 1140. The third-order valence-electron chi connectivity index (χ3n) is 4.83. The highest BCUT2D eigenvalue weighted by Gasteiger charge is 2.35. The van der Waals surface area contributed by atoms with Crippen LogP contribution in [-0.2, 0) is 4.79 Å². The molecule has 0 saturated carbocycles. The van der Waals surface area contributed by atoms with Gasteiger partial charge in [0.2, 0.25) is 5.17 Å². The molecule has 0 atom stereocenters. The molecular formula is C24H24N4O4S. The molecule has 0 unspecified atom stereocenters. The van der Waals surface area contributed by atoms with Gasteiger partial charge in [0, 0.05) is 0 Å². The molecule has 33 heavy (non-hydrogen) atoms. The summed E-state index contributed by atoms with van der Waals surface area (Å²) in [6, 6.07) is 14.7. The van der Waals surface area contributed by atoms with Crippen molar-refractivity contribution in [3.05, 3.63) is 59.7 Å². The van der Waals surface area contributed by atoms with E-state index in [1.54, 1.807) is 13.2 Å². The average molecular weight is 465 g/mol. The fraction of sp³-hybridized carbons (Fsp3) is 0.250. The summed E-state index contributed by atoms with van der Waals surface area (Å²) in [5.41, 5.74) is 0.976. The number of benzene rings is 2. The van der Waals surface area contributed by atoms with Crippen molar-refractivity contribution in [3.8, 4) is 17.2 Å². The monoisotopic (exact) mass is 464 g/mol. The first-order valence-corrected chi connectivity index (χ1v) is 11.4. The Morgan fingerprint density at radius 1 is 1.06 bits per heavy atom. The van der Waals surface area contributed by atoms with Crippen LogP contribution in [-0.4, -0.2) is 47.3 Å². The van der Waals surface area contributed by atoms with Gasteiger partial charge >= 0.3 is 0 Å². The normalized spacial score (nSPS) is 16.4. The summed E-state index contributed by atoms with van der Waals surface area (Å²) in [5, 5.41) is 15.6. The number of hydrogen-bond donors (Lipinski definition) is 1. The predicted molar refractivity (Wildman–Crippen MR) is 130 cm³/mol. The third-order valence-corrected chi connectivity index (χ3v) is 5.80. The zero-order valence-corrected chi connectivity index (χ0v) is 19.2. The molecule has 2 aliphatic rings. The Hall–Kier alpha value is -3.59. The number of nitrogens with zero attached hydrogens (tertiary/aromatic N) is 3. The van der Waals surface area contributed by atoms with E-state index in [1.165, 1.54) is 16.8 Å². The molecule has 170 valence electrons. The Kier molecular flexibility index (Phi) is 7.09. The number of para-hydroxylation sites is 2. The second-order valence-electron chi connectivity index (χ2n) is 7.18. The maximum atomic E-state index is 12.5.